The average molecular weight is 327 g/mol. The van der Waals surface area contributed by atoms with Gasteiger partial charge in [-0.2, -0.15) is 0 Å². The van der Waals surface area contributed by atoms with Gasteiger partial charge in [-0.05, 0) is 26.7 Å². The lowest BCUT2D eigenvalue weighted by molar-refractivity contribution is -0.143. The summed E-state index contributed by atoms with van der Waals surface area (Å²) in [5.74, 6) is -0.719. The van der Waals surface area contributed by atoms with Crippen LogP contribution in [-0.4, -0.2) is 35.9 Å². The molecule has 2 unspecified atom stereocenters. The lowest BCUT2D eigenvalue weighted by atomic mass is 10.1. The van der Waals surface area contributed by atoms with Crippen molar-refractivity contribution < 1.29 is 19.1 Å². The molecular weight excluding hydrogens is 303 g/mol. The predicted molar refractivity (Wildman–Crippen MR) is 80.3 cm³/mol. The van der Waals surface area contributed by atoms with Crippen molar-refractivity contribution in [1.29, 1.82) is 0 Å². The van der Waals surface area contributed by atoms with Gasteiger partial charge in [0.15, 0.2) is 0 Å². The lowest BCUT2D eigenvalue weighted by Gasteiger charge is -2.06. The van der Waals surface area contributed by atoms with Crippen LogP contribution < -0.4 is 0 Å². The molecule has 6 heteroatoms. The second-order valence-corrected chi connectivity index (χ2v) is 6.00. The Morgan fingerprint density at radius 1 is 0.750 bits per heavy atom. The third-order valence-electron chi connectivity index (χ3n) is 2.68. The Kier molecular flexibility index (Phi) is 12.0. The molecule has 0 rings (SSSR count). The van der Waals surface area contributed by atoms with Gasteiger partial charge in [0.25, 0.3) is 0 Å². The van der Waals surface area contributed by atoms with E-state index in [4.69, 9.17) is 32.7 Å². The van der Waals surface area contributed by atoms with Crippen LogP contribution in [0.15, 0.2) is 0 Å². The standard InChI is InChI=1S/C14H24Cl2O4/c1-11(15)13(17)19-9-7-5-3-4-6-8-10-20-14(18)12(2)16/h11-12H,3-10H2,1-2H3. The average Bonchev–Trinajstić information content (AvgIpc) is 2.39. The largest absolute Gasteiger partial charge is 0.465 e. The molecule has 0 aromatic rings. The Morgan fingerprint density at radius 2 is 1.05 bits per heavy atom. The number of alkyl halides is 2. The Balaban J connectivity index is 3.21. The van der Waals surface area contributed by atoms with Crippen molar-refractivity contribution in [2.75, 3.05) is 13.2 Å². The van der Waals surface area contributed by atoms with Crippen LogP contribution in [0.2, 0.25) is 0 Å². The molecule has 20 heavy (non-hydrogen) atoms. The van der Waals surface area contributed by atoms with Crippen molar-refractivity contribution in [3.05, 3.63) is 0 Å². The Labute approximate surface area is 131 Å². The van der Waals surface area contributed by atoms with Crippen LogP contribution in [0.3, 0.4) is 0 Å². The maximum atomic E-state index is 11.0. The van der Waals surface area contributed by atoms with Crippen molar-refractivity contribution in [3.8, 4) is 0 Å². The Hall–Kier alpha value is -0.480. The molecule has 4 nitrogen and oxygen atoms in total. The predicted octanol–water partition coefficient (Wildman–Crippen LogP) is 3.67. The van der Waals surface area contributed by atoms with Gasteiger partial charge in [-0.1, -0.05) is 25.7 Å². The smallest absolute Gasteiger partial charge is 0.323 e. The molecule has 0 aliphatic carbocycles. The highest BCUT2D eigenvalue weighted by Gasteiger charge is 2.10. The van der Waals surface area contributed by atoms with Crippen LogP contribution in [0.25, 0.3) is 0 Å². The normalized spacial score (nSPS) is 13.6. The summed E-state index contributed by atoms with van der Waals surface area (Å²) in [7, 11) is 0. The van der Waals surface area contributed by atoms with E-state index < -0.39 is 10.8 Å². The fourth-order valence-electron chi connectivity index (χ4n) is 1.49. The highest BCUT2D eigenvalue weighted by Crippen LogP contribution is 2.07. The second kappa shape index (κ2) is 12.3. The van der Waals surface area contributed by atoms with Gasteiger partial charge in [-0.25, -0.2) is 0 Å². The number of hydrogen-bond acceptors (Lipinski definition) is 4. The number of rotatable bonds is 11. The van der Waals surface area contributed by atoms with Crippen LogP contribution in [-0.2, 0) is 19.1 Å². The zero-order valence-corrected chi connectivity index (χ0v) is 13.7. The van der Waals surface area contributed by atoms with Gasteiger partial charge in [0.2, 0.25) is 0 Å². The second-order valence-electron chi connectivity index (χ2n) is 4.69. The summed E-state index contributed by atoms with van der Waals surface area (Å²) in [6, 6.07) is 0. The zero-order chi connectivity index (χ0) is 15.4. The van der Waals surface area contributed by atoms with E-state index in [2.05, 4.69) is 0 Å². The molecular formula is C14H24Cl2O4. The summed E-state index contributed by atoms with van der Waals surface area (Å²) in [5, 5.41) is -1.15. The SMILES string of the molecule is CC(Cl)C(=O)OCCCCCCCCOC(=O)C(C)Cl. The van der Waals surface area contributed by atoms with Crippen molar-refractivity contribution >= 4 is 35.1 Å². The van der Waals surface area contributed by atoms with Crippen molar-refractivity contribution in [3.63, 3.8) is 0 Å². The van der Waals surface area contributed by atoms with Crippen LogP contribution in [0, 0.1) is 0 Å². The molecule has 0 amide bonds. The van der Waals surface area contributed by atoms with Crippen molar-refractivity contribution in [1.82, 2.24) is 0 Å². The molecule has 0 saturated heterocycles. The summed E-state index contributed by atoms with van der Waals surface area (Å²) in [5.41, 5.74) is 0. The lowest BCUT2D eigenvalue weighted by Crippen LogP contribution is -2.15. The summed E-state index contributed by atoms with van der Waals surface area (Å²) >= 11 is 11.1. The fourth-order valence-corrected chi connectivity index (χ4v) is 1.61. The molecule has 0 fully saturated rings. The van der Waals surface area contributed by atoms with E-state index in [9.17, 15) is 9.59 Å². The van der Waals surface area contributed by atoms with E-state index in [0.717, 1.165) is 38.5 Å². The zero-order valence-electron chi connectivity index (χ0n) is 12.2. The minimum absolute atomic E-state index is 0.359. The molecule has 0 aromatic carbocycles. The Morgan fingerprint density at radius 3 is 1.35 bits per heavy atom. The van der Waals surface area contributed by atoms with Gasteiger partial charge >= 0.3 is 11.9 Å². The van der Waals surface area contributed by atoms with Crippen LogP contribution in [0.4, 0.5) is 0 Å². The first kappa shape index (κ1) is 19.5. The number of carbonyl (C=O) groups is 2. The maximum absolute atomic E-state index is 11.0. The maximum Gasteiger partial charge on any atom is 0.323 e. The van der Waals surface area contributed by atoms with Gasteiger partial charge in [0, 0.05) is 0 Å². The number of unbranched alkanes of at least 4 members (excludes halogenated alkanes) is 5. The first-order valence-electron chi connectivity index (χ1n) is 7.06. The summed E-state index contributed by atoms with van der Waals surface area (Å²) in [6.07, 6.45) is 5.90. The monoisotopic (exact) mass is 326 g/mol. The number of ether oxygens (including phenoxy) is 2. The minimum Gasteiger partial charge on any atom is -0.465 e. The van der Waals surface area contributed by atoms with Gasteiger partial charge in [-0.15, -0.1) is 23.2 Å². The highest BCUT2D eigenvalue weighted by atomic mass is 35.5. The first-order chi connectivity index (χ1) is 9.45. The van der Waals surface area contributed by atoms with Crippen LogP contribution in [0.5, 0.6) is 0 Å². The fraction of sp³-hybridized carbons (Fsp3) is 0.857. The van der Waals surface area contributed by atoms with Crippen molar-refractivity contribution in [2.24, 2.45) is 0 Å². The number of hydrogen-bond donors (Lipinski definition) is 0. The van der Waals surface area contributed by atoms with Crippen LogP contribution in [0.1, 0.15) is 52.4 Å². The molecule has 0 aliphatic rings. The third kappa shape index (κ3) is 11.4. The van der Waals surface area contributed by atoms with E-state index in [1.54, 1.807) is 13.8 Å². The van der Waals surface area contributed by atoms with Gasteiger partial charge in [0.05, 0.1) is 13.2 Å². The van der Waals surface area contributed by atoms with Gasteiger partial charge in [-0.3, -0.25) is 9.59 Å². The molecule has 0 aromatic heterocycles. The van der Waals surface area contributed by atoms with Crippen molar-refractivity contribution in [2.45, 2.75) is 63.1 Å². The van der Waals surface area contributed by atoms with E-state index >= 15 is 0 Å². The topological polar surface area (TPSA) is 52.6 Å². The first-order valence-corrected chi connectivity index (χ1v) is 7.94. The van der Waals surface area contributed by atoms with Gasteiger partial charge < -0.3 is 9.47 Å². The number of esters is 2. The summed E-state index contributed by atoms with van der Waals surface area (Å²) in [4.78, 5) is 22.1. The van der Waals surface area contributed by atoms with Gasteiger partial charge in [0.1, 0.15) is 10.8 Å². The quantitative estimate of drug-likeness (QED) is 0.330. The van der Waals surface area contributed by atoms with E-state index in [1.165, 1.54) is 0 Å². The van der Waals surface area contributed by atoms with E-state index in [-0.39, 0.29) is 11.9 Å². The van der Waals surface area contributed by atoms with Crippen LogP contribution >= 0.6 is 23.2 Å². The Bertz CT molecular complexity index is 252. The number of carbonyl (C=O) groups excluding carboxylic acids is 2. The third-order valence-corrected chi connectivity index (χ3v) is 3.03. The summed E-state index contributed by atoms with van der Waals surface area (Å²) < 4.78 is 9.91. The molecule has 0 saturated carbocycles. The molecule has 0 heterocycles. The molecule has 0 aliphatic heterocycles. The summed E-state index contributed by atoms with van der Waals surface area (Å²) in [6.45, 7) is 4.06. The molecule has 2 atom stereocenters. The highest BCUT2D eigenvalue weighted by molar-refractivity contribution is 6.29. The molecule has 0 N–H and O–H groups in total. The molecule has 118 valence electrons. The van der Waals surface area contributed by atoms with E-state index in [0.29, 0.717) is 13.2 Å². The molecule has 0 spiro atoms. The minimum atomic E-state index is -0.576. The molecule has 0 radical (unpaired) electrons. The van der Waals surface area contributed by atoms with E-state index in [1.807, 2.05) is 0 Å². The molecule has 0 bridgehead atoms. The number of halogens is 2.